The van der Waals surface area contributed by atoms with E-state index in [0.29, 0.717) is 22.2 Å². The average Bonchev–Trinajstić information content (AvgIpc) is 2.78. The van der Waals surface area contributed by atoms with E-state index in [2.05, 4.69) is 44.2 Å². The highest BCUT2D eigenvalue weighted by Gasteiger charge is 2.35. The molecular weight excluding hydrogens is 240 g/mol. The molecule has 1 aromatic carbocycles. The van der Waals surface area contributed by atoms with Crippen molar-refractivity contribution in [3.8, 4) is 0 Å². The van der Waals surface area contributed by atoms with Crippen molar-refractivity contribution in [3.05, 3.63) is 35.9 Å². The third-order valence-corrected chi connectivity index (χ3v) is 5.33. The Bertz CT molecular complexity index is 387. The van der Waals surface area contributed by atoms with Crippen LogP contribution in [0.15, 0.2) is 30.3 Å². The van der Waals surface area contributed by atoms with E-state index in [9.17, 15) is 4.79 Å². The number of rotatable bonds is 5. The Hall–Kier alpha value is -0.760. The van der Waals surface area contributed by atoms with Gasteiger partial charge in [0.2, 0.25) is 0 Å². The predicted molar refractivity (Wildman–Crippen MR) is 78.7 cm³/mol. The molecule has 2 rings (SSSR count). The summed E-state index contributed by atoms with van der Waals surface area (Å²) in [7, 11) is 0. The van der Waals surface area contributed by atoms with E-state index in [4.69, 9.17) is 0 Å². The van der Waals surface area contributed by atoms with E-state index >= 15 is 0 Å². The molecule has 0 spiro atoms. The molecule has 3 atom stereocenters. The molecule has 0 aliphatic carbocycles. The third-order valence-electron chi connectivity index (χ3n) is 4.03. The summed E-state index contributed by atoms with van der Waals surface area (Å²) in [6.07, 6.45) is 4.43. The number of hydrogen-bond acceptors (Lipinski definition) is 2. The molecule has 2 heteroatoms. The minimum absolute atomic E-state index is 0.306. The van der Waals surface area contributed by atoms with Gasteiger partial charge in [0.05, 0.1) is 0 Å². The highest BCUT2D eigenvalue weighted by molar-refractivity contribution is 8.14. The molecular formula is C16H22OS. The van der Waals surface area contributed by atoms with Crippen LogP contribution in [0.1, 0.15) is 38.7 Å². The zero-order chi connectivity index (χ0) is 13.0. The SMILES string of the molecule is CC[C@H](C)[C@@H]1C[C@H](CCc2ccccc2)SC1=O. The van der Waals surface area contributed by atoms with Crippen LogP contribution in [0.5, 0.6) is 0 Å². The maximum atomic E-state index is 12.0. The fraction of sp³-hybridized carbons (Fsp3) is 0.562. The summed E-state index contributed by atoms with van der Waals surface area (Å²) in [5.41, 5.74) is 1.39. The van der Waals surface area contributed by atoms with Crippen molar-refractivity contribution in [1.29, 1.82) is 0 Å². The summed E-state index contributed by atoms with van der Waals surface area (Å²) in [6.45, 7) is 4.39. The summed E-state index contributed by atoms with van der Waals surface area (Å²) in [4.78, 5) is 12.0. The van der Waals surface area contributed by atoms with E-state index in [1.165, 1.54) is 5.56 Å². The van der Waals surface area contributed by atoms with E-state index in [0.717, 1.165) is 25.7 Å². The van der Waals surface area contributed by atoms with Crippen LogP contribution in [0.25, 0.3) is 0 Å². The molecule has 1 aliphatic heterocycles. The van der Waals surface area contributed by atoms with Gasteiger partial charge in [-0.3, -0.25) is 4.79 Å². The van der Waals surface area contributed by atoms with Crippen LogP contribution in [-0.4, -0.2) is 10.4 Å². The lowest BCUT2D eigenvalue weighted by Crippen LogP contribution is -2.14. The first-order chi connectivity index (χ1) is 8.70. The van der Waals surface area contributed by atoms with Gasteiger partial charge in [0.1, 0.15) is 0 Å². The van der Waals surface area contributed by atoms with Crippen molar-refractivity contribution >= 4 is 16.9 Å². The average molecular weight is 262 g/mol. The van der Waals surface area contributed by atoms with Gasteiger partial charge in [0, 0.05) is 11.2 Å². The molecule has 1 aromatic rings. The zero-order valence-corrected chi connectivity index (χ0v) is 12.1. The Kier molecular flexibility index (Phi) is 4.87. The zero-order valence-electron chi connectivity index (χ0n) is 11.3. The molecule has 1 aliphatic rings. The van der Waals surface area contributed by atoms with E-state index in [1.54, 1.807) is 11.8 Å². The van der Waals surface area contributed by atoms with Crippen molar-refractivity contribution in [1.82, 2.24) is 0 Å². The van der Waals surface area contributed by atoms with Crippen molar-refractivity contribution in [2.75, 3.05) is 0 Å². The maximum Gasteiger partial charge on any atom is 0.192 e. The summed E-state index contributed by atoms with van der Waals surface area (Å²) in [5, 5.41) is 0.971. The van der Waals surface area contributed by atoms with Gasteiger partial charge in [-0.15, -0.1) is 0 Å². The minimum Gasteiger partial charge on any atom is -0.287 e. The highest BCUT2D eigenvalue weighted by Crippen LogP contribution is 2.40. The molecule has 98 valence electrons. The molecule has 18 heavy (non-hydrogen) atoms. The van der Waals surface area contributed by atoms with Crippen LogP contribution in [0, 0.1) is 11.8 Å². The lowest BCUT2D eigenvalue weighted by molar-refractivity contribution is -0.115. The van der Waals surface area contributed by atoms with Gasteiger partial charge < -0.3 is 0 Å². The van der Waals surface area contributed by atoms with Crippen molar-refractivity contribution in [2.45, 2.75) is 44.8 Å². The van der Waals surface area contributed by atoms with E-state index in [-0.39, 0.29) is 0 Å². The predicted octanol–water partition coefficient (Wildman–Crippen LogP) is 4.31. The van der Waals surface area contributed by atoms with Gasteiger partial charge >= 0.3 is 0 Å². The minimum atomic E-state index is 0.306. The van der Waals surface area contributed by atoms with Crippen LogP contribution < -0.4 is 0 Å². The number of benzene rings is 1. The van der Waals surface area contributed by atoms with Crippen LogP contribution in [0.4, 0.5) is 0 Å². The summed E-state index contributed by atoms with van der Waals surface area (Å²) < 4.78 is 0. The Morgan fingerprint density at radius 2 is 2.06 bits per heavy atom. The van der Waals surface area contributed by atoms with E-state index < -0.39 is 0 Å². The monoisotopic (exact) mass is 262 g/mol. The number of aryl methyl sites for hydroxylation is 1. The van der Waals surface area contributed by atoms with Crippen molar-refractivity contribution < 1.29 is 4.79 Å². The largest absolute Gasteiger partial charge is 0.287 e. The second kappa shape index (κ2) is 6.42. The van der Waals surface area contributed by atoms with Crippen molar-refractivity contribution in [2.24, 2.45) is 11.8 Å². The molecule has 0 radical (unpaired) electrons. The van der Waals surface area contributed by atoms with Gasteiger partial charge in [0.25, 0.3) is 0 Å². The third kappa shape index (κ3) is 3.38. The van der Waals surface area contributed by atoms with Gasteiger partial charge in [-0.1, -0.05) is 62.4 Å². The molecule has 1 nitrogen and oxygen atoms in total. The van der Waals surface area contributed by atoms with Gasteiger partial charge in [-0.05, 0) is 30.7 Å². The smallest absolute Gasteiger partial charge is 0.192 e. The van der Waals surface area contributed by atoms with E-state index in [1.807, 2.05) is 0 Å². The van der Waals surface area contributed by atoms with Gasteiger partial charge in [0.15, 0.2) is 5.12 Å². The number of carbonyl (C=O) groups excluding carboxylic acids is 1. The second-order valence-corrected chi connectivity index (χ2v) is 6.62. The summed E-state index contributed by atoms with van der Waals surface area (Å²) in [6, 6.07) is 10.6. The fourth-order valence-corrected chi connectivity index (χ4v) is 3.95. The quantitative estimate of drug-likeness (QED) is 0.786. The molecule has 0 aromatic heterocycles. The summed E-state index contributed by atoms with van der Waals surface area (Å²) >= 11 is 1.60. The molecule has 1 saturated heterocycles. The molecule has 0 bridgehead atoms. The number of thioether (sulfide) groups is 1. The summed E-state index contributed by atoms with van der Waals surface area (Å²) in [5.74, 6) is 0.854. The first-order valence-corrected chi connectivity index (χ1v) is 7.83. The topological polar surface area (TPSA) is 17.1 Å². The second-order valence-electron chi connectivity index (χ2n) is 5.31. The molecule has 0 N–H and O–H groups in total. The standard InChI is InChI=1S/C16H22OS/c1-3-12(2)15-11-14(18-16(15)17)10-9-13-7-5-4-6-8-13/h4-8,12,14-15H,3,9-11H2,1-2H3/t12-,14-,15-/m0/s1. The molecule has 0 saturated carbocycles. The molecule has 1 heterocycles. The Balaban J connectivity index is 1.84. The van der Waals surface area contributed by atoms with Gasteiger partial charge in [-0.2, -0.15) is 0 Å². The molecule has 0 unspecified atom stereocenters. The van der Waals surface area contributed by atoms with Crippen LogP contribution in [-0.2, 0) is 11.2 Å². The lowest BCUT2D eigenvalue weighted by Gasteiger charge is -2.15. The van der Waals surface area contributed by atoms with Gasteiger partial charge in [-0.25, -0.2) is 0 Å². The lowest BCUT2D eigenvalue weighted by atomic mass is 9.88. The first-order valence-electron chi connectivity index (χ1n) is 6.95. The maximum absolute atomic E-state index is 12.0. The number of hydrogen-bond donors (Lipinski definition) is 0. The molecule has 0 amide bonds. The molecule has 1 fully saturated rings. The normalized spacial score (nSPS) is 25.3. The van der Waals surface area contributed by atoms with Crippen LogP contribution in [0.2, 0.25) is 0 Å². The van der Waals surface area contributed by atoms with Crippen LogP contribution >= 0.6 is 11.8 Å². The first kappa shape index (κ1) is 13.7. The Morgan fingerprint density at radius 1 is 1.33 bits per heavy atom. The highest BCUT2D eigenvalue weighted by atomic mass is 32.2. The number of carbonyl (C=O) groups is 1. The Labute approximate surface area is 114 Å². The van der Waals surface area contributed by atoms with Crippen molar-refractivity contribution in [3.63, 3.8) is 0 Å². The Morgan fingerprint density at radius 3 is 2.72 bits per heavy atom. The van der Waals surface area contributed by atoms with Crippen LogP contribution in [0.3, 0.4) is 0 Å². The fourth-order valence-electron chi connectivity index (χ4n) is 2.58.